The predicted molar refractivity (Wildman–Crippen MR) is 90.4 cm³/mol. The maximum Gasteiger partial charge on any atom is 0.323 e. The largest absolute Gasteiger partial charge is 0.396 e. The molecule has 0 radical (unpaired) electrons. The Morgan fingerprint density at radius 3 is 3.00 bits per heavy atom. The highest BCUT2D eigenvalue weighted by Gasteiger charge is 2.32. The van der Waals surface area contributed by atoms with Gasteiger partial charge in [-0.25, -0.2) is 9.78 Å². The molecule has 2 aromatic heterocycles. The van der Waals surface area contributed by atoms with Crippen LogP contribution in [-0.4, -0.2) is 45.2 Å². The second-order valence-corrected chi connectivity index (χ2v) is 6.42. The van der Waals surface area contributed by atoms with E-state index in [2.05, 4.69) is 15.3 Å². The molecule has 1 aliphatic rings. The minimum Gasteiger partial charge on any atom is -0.396 e. The lowest BCUT2D eigenvalue weighted by atomic mass is 10.2. The Balaban J connectivity index is 1.61. The molecular formula is C16H20N4O2S. The van der Waals surface area contributed by atoms with Gasteiger partial charge in [-0.15, -0.1) is 11.3 Å². The lowest BCUT2D eigenvalue weighted by Crippen LogP contribution is -2.37. The zero-order chi connectivity index (χ0) is 16.1. The monoisotopic (exact) mass is 332 g/mol. The molecule has 2 amide bonds. The van der Waals surface area contributed by atoms with Crippen molar-refractivity contribution in [1.82, 2.24) is 14.9 Å². The molecule has 2 N–H and O–H groups in total. The van der Waals surface area contributed by atoms with Crippen LogP contribution in [0.5, 0.6) is 0 Å². The number of hydrogen-bond acceptors (Lipinski definition) is 5. The van der Waals surface area contributed by atoms with Crippen molar-refractivity contribution in [1.29, 1.82) is 0 Å². The highest BCUT2D eigenvalue weighted by Crippen LogP contribution is 2.29. The van der Waals surface area contributed by atoms with E-state index in [9.17, 15) is 4.79 Å². The van der Waals surface area contributed by atoms with Gasteiger partial charge in [-0.05, 0) is 37.8 Å². The van der Waals surface area contributed by atoms with Crippen molar-refractivity contribution in [2.75, 3.05) is 18.5 Å². The minimum atomic E-state index is -0.0995. The van der Waals surface area contributed by atoms with E-state index in [1.807, 2.05) is 22.4 Å². The van der Waals surface area contributed by atoms with Crippen molar-refractivity contribution in [3.05, 3.63) is 29.9 Å². The van der Waals surface area contributed by atoms with Crippen molar-refractivity contribution < 1.29 is 9.90 Å². The smallest absolute Gasteiger partial charge is 0.323 e. The Bertz CT molecular complexity index is 643. The highest BCUT2D eigenvalue weighted by atomic mass is 32.1. The van der Waals surface area contributed by atoms with E-state index < -0.39 is 0 Å². The summed E-state index contributed by atoms with van der Waals surface area (Å²) in [6.45, 7) is 0.846. The third kappa shape index (κ3) is 4.27. The molecule has 122 valence electrons. The maximum atomic E-state index is 12.4. The number of aliphatic hydroxyl groups excluding tert-OH is 1. The van der Waals surface area contributed by atoms with Gasteiger partial charge in [0, 0.05) is 42.5 Å². The van der Waals surface area contributed by atoms with Gasteiger partial charge in [0.05, 0.1) is 5.69 Å². The Labute approximate surface area is 139 Å². The van der Waals surface area contributed by atoms with E-state index >= 15 is 0 Å². The van der Waals surface area contributed by atoms with Crippen LogP contribution in [0.1, 0.15) is 25.7 Å². The summed E-state index contributed by atoms with van der Waals surface area (Å²) in [6.07, 6.45) is 7.14. The highest BCUT2D eigenvalue weighted by molar-refractivity contribution is 7.14. The summed E-state index contributed by atoms with van der Waals surface area (Å²) in [4.78, 5) is 22.8. The van der Waals surface area contributed by atoms with E-state index in [0.717, 1.165) is 36.9 Å². The Morgan fingerprint density at radius 1 is 1.43 bits per heavy atom. The number of carbonyl (C=O) groups excluding carboxylic acids is 1. The zero-order valence-electron chi connectivity index (χ0n) is 12.8. The first kappa shape index (κ1) is 15.9. The van der Waals surface area contributed by atoms with Gasteiger partial charge in [0.25, 0.3) is 0 Å². The molecule has 0 unspecified atom stereocenters. The molecule has 1 aliphatic carbocycles. The third-order valence-corrected chi connectivity index (χ3v) is 4.49. The first-order chi connectivity index (χ1) is 11.3. The fourth-order valence-electron chi connectivity index (χ4n) is 2.37. The number of unbranched alkanes of at least 4 members (excludes halogenated alkanes) is 1. The Kier molecular flexibility index (Phi) is 5.19. The van der Waals surface area contributed by atoms with E-state index in [4.69, 9.17) is 5.11 Å². The summed E-state index contributed by atoms with van der Waals surface area (Å²) in [6, 6.07) is 4.05. The quantitative estimate of drug-likeness (QED) is 0.764. The zero-order valence-corrected chi connectivity index (χ0v) is 13.6. The molecule has 23 heavy (non-hydrogen) atoms. The molecule has 3 rings (SSSR count). The summed E-state index contributed by atoms with van der Waals surface area (Å²) in [5, 5.41) is 14.3. The first-order valence-electron chi connectivity index (χ1n) is 7.82. The number of aromatic nitrogens is 2. The number of aliphatic hydroxyl groups is 1. The van der Waals surface area contributed by atoms with Gasteiger partial charge < -0.3 is 10.0 Å². The molecule has 0 saturated heterocycles. The van der Waals surface area contributed by atoms with Crippen LogP contribution in [0.2, 0.25) is 0 Å². The Hall–Kier alpha value is -1.99. The van der Waals surface area contributed by atoms with Crippen molar-refractivity contribution in [2.45, 2.75) is 31.7 Å². The number of amides is 2. The van der Waals surface area contributed by atoms with Crippen LogP contribution in [-0.2, 0) is 0 Å². The van der Waals surface area contributed by atoms with Crippen LogP contribution >= 0.6 is 11.3 Å². The van der Waals surface area contributed by atoms with Gasteiger partial charge in [-0.2, -0.15) is 0 Å². The summed E-state index contributed by atoms with van der Waals surface area (Å²) < 4.78 is 0. The number of pyridine rings is 1. The number of anilines is 1. The fraction of sp³-hybridized carbons (Fsp3) is 0.438. The number of rotatable bonds is 7. The fourth-order valence-corrected chi connectivity index (χ4v) is 3.08. The molecule has 1 fully saturated rings. The average molecular weight is 332 g/mol. The van der Waals surface area contributed by atoms with E-state index in [0.29, 0.717) is 17.7 Å². The maximum absolute atomic E-state index is 12.4. The SMILES string of the molecule is O=C(Nc1nc(-c2cccnc2)cs1)N(CCCCO)C1CC1. The first-order valence-corrected chi connectivity index (χ1v) is 8.70. The lowest BCUT2D eigenvalue weighted by Gasteiger charge is -2.21. The van der Waals surface area contributed by atoms with E-state index in [-0.39, 0.29) is 12.6 Å². The molecular weight excluding hydrogens is 312 g/mol. The summed E-state index contributed by atoms with van der Waals surface area (Å²) in [5.41, 5.74) is 1.75. The third-order valence-electron chi connectivity index (χ3n) is 3.73. The van der Waals surface area contributed by atoms with Crippen molar-refractivity contribution in [2.24, 2.45) is 0 Å². The van der Waals surface area contributed by atoms with E-state index in [1.54, 1.807) is 12.4 Å². The molecule has 2 aromatic rings. The second-order valence-electron chi connectivity index (χ2n) is 5.57. The molecule has 1 saturated carbocycles. The number of thiazole rings is 1. The minimum absolute atomic E-state index is 0.0995. The lowest BCUT2D eigenvalue weighted by molar-refractivity contribution is 0.204. The molecule has 2 heterocycles. The Morgan fingerprint density at radius 2 is 2.30 bits per heavy atom. The second kappa shape index (κ2) is 7.52. The number of nitrogens with one attached hydrogen (secondary N) is 1. The van der Waals surface area contributed by atoms with Crippen LogP contribution < -0.4 is 5.32 Å². The molecule has 0 aromatic carbocycles. The van der Waals surface area contributed by atoms with Crippen molar-refractivity contribution in [3.8, 4) is 11.3 Å². The van der Waals surface area contributed by atoms with Gasteiger partial charge in [0.1, 0.15) is 0 Å². The number of nitrogens with zero attached hydrogens (tertiary/aromatic N) is 3. The van der Waals surface area contributed by atoms with Gasteiger partial charge in [-0.1, -0.05) is 0 Å². The molecule has 6 nitrogen and oxygen atoms in total. The van der Waals surface area contributed by atoms with Gasteiger partial charge in [0.15, 0.2) is 5.13 Å². The van der Waals surface area contributed by atoms with Gasteiger partial charge in [0.2, 0.25) is 0 Å². The molecule has 7 heteroatoms. The van der Waals surface area contributed by atoms with Crippen LogP contribution in [0.25, 0.3) is 11.3 Å². The predicted octanol–water partition coefficient (Wildman–Crippen LogP) is 2.97. The topological polar surface area (TPSA) is 78.4 Å². The molecule has 0 spiro atoms. The summed E-state index contributed by atoms with van der Waals surface area (Å²) in [5.74, 6) is 0. The summed E-state index contributed by atoms with van der Waals surface area (Å²) in [7, 11) is 0. The molecule has 0 bridgehead atoms. The van der Waals surface area contributed by atoms with E-state index in [1.165, 1.54) is 11.3 Å². The van der Waals surface area contributed by atoms with Crippen molar-refractivity contribution in [3.63, 3.8) is 0 Å². The van der Waals surface area contributed by atoms with Crippen LogP contribution in [0.4, 0.5) is 9.93 Å². The standard InChI is InChI=1S/C16H20N4O2S/c21-9-2-1-8-20(13-5-6-13)16(22)19-15-18-14(11-23-15)12-4-3-7-17-10-12/h3-4,7,10-11,13,21H,1-2,5-6,8-9H2,(H,18,19,22). The number of urea groups is 1. The number of carbonyl (C=O) groups is 1. The van der Waals surface area contributed by atoms with Crippen LogP contribution in [0.3, 0.4) is 0 Å². The van der Waals surface area contributed by atoms with Crippen LogP contribution in [0.15, 0.2) is 29.9 Å². The molecule has 0 atom stereocenters. The molecule has 0 aliphatic heterocycles. The number of hydrogen-bond donors (Lipinski definition) is 2. The normalized spacial score (nSPS) is 13.8. The van der Waals surface area contributed by atoms with Gasteiger partial charge in [-0.3, -0.25) is 10.3 Å². The van der Waals surface area contributed by atoms with Crippen LogP contribution in [0, 0.1) is 0 Å². The average Bonchev–Trinajstić information content (AvgIpc) is 3.31. The van der Waals surface area contributed by atoms with Crippen molar-refractivity contribution >= 4 is 22.5 Å². The summed E-state index contributed by atoms with van der Waals surface area (Å²) >= 11 is 1.41. The van der Waals surface area contributed by atoms with Gasteiger partial charge >= 0.3 is 6.03 Å².